The summed E-state index contributed by atoms with van der Waals surface area (Å²) in [5, 5.41) is 4.45. The third kappa shape index (κ3) is 2.42. The van der Waals surface area contributed by atoms with E-state index in [1.54, 1.807) is 42.5 Å². The highest BCUT2D eigenvalue weighted by atomic mass is 35.5. The minimum atomic E-state index is -0.182. The summed E-state index contributed by atoms with van der Waals surface area (Å²) in [6, 6.07) is 10.4. The Kier molecular flexibility index (Phi) is 3.47. The van der Waals surface area contributed by atoms with Gasteiger partial charge in [-0.2, -0.15) is 0 Å². The van der Waals surface area contributed by atoms with Gasteiger partial charge < -0.3 is 5.32 Å². The zero-order valence-corrected chi connectivity index (χ0v) is 12.4. The van der Waals surface area contributed by atoms with Gasteiger partial charge in [-0.3, -0.25) is 4.79 Å². The number of amides is 1. The highest BCUT2D eigenvalue weighted by Crippen LogP contribution is 2.36. The molecule has 3 rings (SSSR count). The maximum atomic E-state index is 12.0. The molecule has 0 atom stereocenters. The van der Waals surface area contributed by atoms with E-state index in [1.807, 2.05) is 0 Å². The first-order valence-corrected chi connectivity index (χ1v) is 6.96. The summed E-state index contributed by atoms with van der Waals surface area (Å²) in [5.41, 5.74) is 2.75. The Morgan fingerprint density at radius 3 is 2.45 bits per heavy atom. The van der Waals surface area contributed by atoms with Crippen molar-refractivity contribution in [1.29, 1.82) is 0 Å². The number of rotatable bonds is 1. The molecule has 20 heavy (non-hydrogen) atoms. The highest BCUT2D eigenvalue weighted by molar-refractivity contribution is 6.38. The van der Waals surface area contributed by atoms with Gasteiger partial charge in [-0.05, 0) is 42.0 Å². The molecule has 1 aliphatic heterocycles. The van der Waals surface area contributed by atoms with Crippen molar-refractivity contribution in [2.24, 2.45) is 0 Å². The number of carbonyl (C=O) groups excluding carboxylic acids is 1. The van der Waals surface area contributed by atoms with Crippen molar-refractivity contribution < 1.29 is 4.79 Å². The van der Waals surface area contributed by atoms with Crippen LogP contribution in [0.2, 0.25) is 15.1 Å². The number of carbonyl (C=O) groups is 1. The van der Waals surface area contributed by atoms with Gasteiger partial charge in [0.1, 0.15) is 0 Å². The number of fused-ring (bicyclic) bond motifs is 1. The first-order chi connectivity index (χ1) is 9.54. The topological polar surface area (TPSA) is 29.1 Å². The molecule has 0 saturated carbocycles. The second kappa shape index (κ2) is 5.13. The number of hydrogen-bond acceptors (Lipinski definition) is 1. The first-order valence-electron chi connectivity index (χ1n) is 5.82. The van der Waals surface area contributed by atoms with E-state index in [4.69, 9.17) is 34.8 Å². The summed E-state index contributed by atoms with van der Waals surface area (Å²) in [6.45, 7) is 0. The summed E-state index contributed by atoms with van der Waals surface area (Å²) in [4.78, 5) is 12.0. The van der Waals surface area contributed by atoms with Gasteiger partial charge in [0, 0.05) is 26.2 Å². The molecule has 0 aromatic heterocycles. The smallest absolute Gasteiger partial charge is 0.256 e. The maximum Gasteiger partial charge on any atom is 0.256 e. The van der Waals surface area contributed by atoms with E-state index < -0.39 is 0 Å². The molecule has 0 fully saturated rings. The fraction of sp³-hybridized carbons (Fsp3) is 0. The second-order valence-electron chi connectivity index (χ2n) is 4.37. The van der Waals surface area contributed by atoms with E-state index in [0.29, 0.717) is 31.9 Å². The lowest BCUT2D eigenvalue weighted by Crippen LogP contribution is -2.03. The summed E-state index contributed by atoms with van der Waals surface area (Å²) in [5.74, 6) is -0.182. The molecule has 0 unspecified atom stereocenters. The SMILES string of the molecule is O=C1Nc2cc(Cl)ccc2/C1=C\c1cc(Cl)ccc1Cl. The minimum Gasteiger partial charge on any atom is -0.321 e. The van der Waals surface area contributed by atoms with Crippen LogP contribution in [-0.2, 0) is 4.79 Å². The summed E-state index contributed by atoms with van der Waals surface area (Å²) >= 11 is 18.0. The van der Waals surface area contributed by atoms with Gasteiger partial charge in [-0.1, -0.05) is 40.9 Å². The Hall–Kier alpha value is -1.48. The number of nitrogens with one attached hydrogen (secondary N) is 1. The minimum absolute atomic E-state index is 0.182. The van der Waals surface area contributed by atoms with E-state index in [0.717, 1.165) is 5.56 Å². The van der Waals surface area contributed by atoms with Crippen molar-refractivity contribution in [2.45, 2.75) is 0 Å². The highest BCUT2D eigenvalue weighted by Gasteiger charge is 2.24. The molecule has 0 spiro atoms. The number of halogens is 3. The van der Waals surface area contributed by atoms with Gasteiger partial charge in [0.15, 0.2) is 0 Å². The van der Waals surface area contributed by atoms with E-state index >= 15 is 0 Å². The quantitative estimate of drug-likeness (QED) is 0.723. The van der Waals surface area contributed by atoms with E-state index in [9.17, 15) is 4.79 Å². The Morgan fingerprint density at radius 2 is 1.65 bits per heavy atom. The van der Waals surface area contributed by atoms with Crippen molar-refractivity contribution in [3.63, 3.8) is 0 Å². The predicted molar refractivity (Wildman–Crippen MR) is 84.4 cm³/mol. The van der Waals surface area contributed by atoms with Crippen LogP contribution in [0.25, 0.3) is 11.6 Å². The molecule has 2 aromatic carbocycles. The number of hydrogen-bond donors (Lipinski definition) is 1. The van der Waals surface area contributed by atoms with Crippen molar-refractivity contribution >= 4 is 58.0 Å². The number of anilines is 1. The average Bonchev–Trinajstić information content (AvgIpc) is 2.69. The average molecular weight is 325 g/mol. The summed E-state index contributed by atoms with van der Waals surface area (Å²) in [7, 11) is 0. The fourth-order valence-electron chi connectivity index (χ4n) is 2.09. The number of benzene rings is 2. The van der Waals surface area contributed by atoms with Crippen molar-refractivity contribution in [3.05, 3.63) is 62.6 Å². The van der Waals surface area contributed by atoms with Crippen molar-refractivity contribution in [2.75, 3.05) is 5.32 Å². The van der Waals surface area contributed by atoms with Crippen LogP contribution in [-0.4, -0.2) is 5.91 Å². The molecule has 100 valence electrons. The van der Waals surface area contributed by atoms with Crippen LogP contribution in [0.3, 0.4) is 0 Å². The molecule has 2 nitrogen and oxygen atoms in total. The van der Waals surface area contributed by atoms with Crippen molar-refractivity contribution in [1.82, 2.24) is 0 Å². The molecule has 0 bridgehead atoms. The van der Waals surface area contributed by atoms with Gasteiger partial charge in [0.2, 0.25) is 0 Å². The largest absolute Gasteiger partial charge is 0.321 e. The summed E-state index contributed by atoms with van der Waals surface area (Å²) < 4.78 is 0. The summed E-state index contributed by atoms with van der Waals surface area (Å²) in [6.07, 6.45) is 1.73. The second-order valence-corrected chi connectivity index (χ2v) is 5.65. The van der Waals surface area contributed by atoms with Crippen LogP contribution in [0.15, 0.2) is 36.4 Å². The predicted octanol–water partition coefficient (Wildman–Crippen LogP) is 5.14. The van der Waals surface area contributed by atoms with Crippen molar-refractivity contribution in [3.8, 4) is 0 Å². The Labute approximate surface area is 131 Å². The molecule has 1 aliphatic rings. The van der Waals surface area contributed by atoms with Gasteiger partial charge >= 0.3 is 0 Å². The molecule has 5 heteroatoms. The first kappa shape index (κ1) is 13.5. The van der Waals surface area contributed by atoms with Gasteiger partial charge in [0.25, 0.3) is 5.91 Å². The molecular formula is C15H8Cl3NO. The van der Waals surface area contributed by atoms with E-state index in [-0.39, 0.29) is 5.91 Å². The normalized spacial score (nSPS) is 15.3. The van der Waals surface area contributed by atoms with Crippen LogP contribution >= 0.6 is 34.8 Å². The lowest BCUT2D eigenvalue weighted by Gasteiger charge is -2.02. The zero-order valence-electron chi connectivity index (χ0n) is 10.1. The van der Waals surface area contributed by atoms with Crippen LogP contribution in [0.4, 0.5) is 5.69 Å². The van der Waals surface area contributed by atoms with Gasteiger partial charge in [0.05, 0.1) is 5.69 Å². The van der Waals surface area contributed by atoms with Gasteiger partial charge in [-0.25, -0.2) is 0 Å². The standard InChI is InChI=1S/C15H8Cl3NO/c16-9-2-4-13(18)8(5-9)6-12-11-3-1-10(17)7-14(11)19-15(12)20/h1-7H,(H,19,20)/b12-6+. The van der Waals surface area contributed by atoms with Crippen LogP contribution in [0, 0.1) is 0 Å². The third-order valence-corrected chi connectivity index (χ3v) is 3.84. The Balaban J connectivity index is 2.13. The van der Waals surface area contributed by atoms with E-state index in [2.05, 4.69) is 5.32 Å². The third-order valence-electron chi connectivity index (χ3n) is 3.02. The van der Waals surface area contributed by atoms with Crippen LogP contribution < -0.4 is 5.32 Å². The lowest BCUT2D eigenvalue weighted by molar-refractivity contribution is -0.110. The zero-order chi connectivity index (χ0) is 14.3. The lowest BCUT2D eigenvalue weighted by atomic mass is 10.0. The Morgan fingerprint density at radius 1 is 0.950 bits per heavy atom. The molecule has 0 saturated heterocycles. The monoisotopic (exact) mass is 323 g/mol. The molecular weight excluding hydrogens is 317 g/mol. The molecule has 0 radical (unpaired) electrons. The fourth-order valence-corrected chi connectivity index (χ4v) is 2.62. The van der Waals surface area contributed by atoms with E-state index in [1.165, 1.54) is 0 Å². The molecule has 2 aromatic rings. The Bertz CT molecular complexity index is 753. The maximum absolute atomic E-state index is 12.0. The molecule has 1 N–H and O–H groups in total. The molecule has 1 amide bonds. The van der Waals surface area contributed by atoms with Crippen LogP contribution in [0.5, 0.6) is 0 Å². The van der Waals surface area contributed by atoms with Crippen LogP contribution in [0.1, 0.15) is 11.1 Å². The molecule has 1 heterocycles. The van der Waals surface area contributed by atoms with Gasteiger partial charge in [-0.15, -0.1) is 0 Å². The molecule has 0 aliphatic carbocycles.